The highest BCUT2D eigenvalue weighted by molar-refractivity contribution is 5.79. The molecular formula is C18H26N2O4. The van der Waals surface area contributed by atoms with Crippen molar-refractivity contribution in [3.63, 3.8) is 0 Å². The van der Waals surface area contributed by atoms with Gasteiger partial charge in [0.25, 0.3) is 0 Å². The molecule has 2 atom stereocenters. The molecule has 0 aromatic heterocycles. The molecule has 2 bridgehead atoms. The Labute approximate surface area is 143 Å². The number of ether oxygens (including phenoxy) is 3. The van der Waals surface area contributed by atoms with Gasteiger partial charge in [0.2, 0.25) is 5.91 Å². The minimum absolute atomic E-state index is 0.0439. The second-order valence-electron chi connectivity index (χ2n) is 6.45. The minimum atomic E-state index is -0.0439. The Balaban J connectivity index is 1.49. The normalized spacial score (nSPS) is 24.6. The summed E-state index contributed by atoms with van der Waals surface area (Å²) in [5.41, 5.74) is 0. The van der Waals surface area contributed by atoms with Gasteiger partial charge in [-0.25, -0.2) is 0 Å². The summed E-state index contributed by atoms with van der Waals surface area (Å²) >= 11 is 0. The van der Waals surface area contributed by atoms with Crippen LogP contribution in [0.2, 0.25) is 0 Å². The third-order valence-electron chi connectivity index (χ3n) is 4.77. The van der Waals surface area contributed by atoms with Crippen LogP contribution in [0.25, 0.3) is 0 Å². The number of amides is 1. The van der Waals surface area contributed by atoms with Gasteiger partial charge in [-0.05, 0) is 18.6 Å². The topological polar surface area (TPSA) is 51.2 Å². The van der Waals surface area contributed by atoms with Crippen molar-refractivity contribution in [2.45, 2.75) is 12.5 Å². The molecule has 0 spiro atoms. The standard InChI is InChI=1S/C18H26N2O4/c1-19-15-11-20(10-14(18(19)21)12-23-13-15)8-5-9-24-17-7-4-3-6-16(17)22-2/h3-4,6-7,14-15H,5,8-13H2,1-2H3/t14-,15+/m1/s1. The molecular weight excluding hydrogens is 308 g/mol. The fourth-order valence-corrected chi connectivity index (χ4v) is 3.38. The summed E-state index contributed by atoms with van der Waals surface area (Å²) in [4.78, 5) is 16.6. The fourth-order valence-electron chi connectivity index (χ4n) is 3.38. The average molecular weight is 334 g/mol. The molecule has 1 aromatic carbocycles. The Hall–Kier alpha value is -1.79. The molecule has 2 saturated heterocycles. The van der Waals surface area contributed by atoms with E-state index in [1.54, 1.807) is 7.11 Å². The molecule has 0 aliphatic carbocycles. The van der Waals surface area contributed by atoms with E-state index in [0.717, 1.165) is 37.6 Å². The van der Waals surface area contributed by atoms with Gasteiger partial charge < -0.3 is 24.0 Å². The van der Waals surface area contributed by atoms with Crippen molar-refractivity contribution in [3.8, 4) is 11.5 Å². The van der Waals surface area contributed by atoms with Crippen LogP contribution in [-0.2, 0) is 9.53 Å². The van der Waals surface area contributed by atoms with Gasteiger partial charge in [0.15, 0.2) is 11.5 Å². The molecule has 0 saturated carbocycles. The monoisotopic (exact) mass is 334 g/mol. The number of para-hydroxylation sites is 2. The Bertz CT molecular complexity index is 566. The first-order chi connectivity index (χ1) is 11.7. The molecule has 2 aliphatic heterocycles. The molecule has 24 heavy (non-hydrogen) atoms. The van der Waals surface area contributed by atoms with Gasteiger partial charge in [-0.15, -0.1) is 0 Å². The summed E-state index contributed by atoms with van der Waals surface area (Å²) < 4.78 is 16.8. The van der Waals surface area contributed by atoms with Crippen molar-refractivity contribution in [2.75, 3.05) is 53.6 Å². The van der Waals surface area contributed by atoms with Gasteiger partial charge in [0.05, 0.1) is 38.9 Å². The Morgan fingerprint density at radius 1 is 1.21 bits per heavy atom. The first-order valence-corrected chi connectivity index (χ1v) is 8.51. The third-order valence-corrected chi connectivity index (χ3v) is 4.77. The van der Waals surface area contributed by atoms with E-state index in [2.05, 4.69) is 4.90 Å². The molecule has 0 radical (unpaired) electrons. The lowest BCUT2D eigenvalue weighted by Gasteiger charge is -2.29. The number of fused-ring (bicyclic) bond motifs is 3. The molecule has 6 nitrogen and oxygen atoms in total. The maximum atomic E-state index is 12.3. The van der Waals surface area contributed by atoms with Crippen molar-refractivity contribution < 1.29 is 19.0 Å². The summed E-state index contributed by atoms with van der Waals surface area (Å²) in [5.74, 6) is 1.70. The molecule has 0 unspecified atom stereocenters. The van der Waals surface area contributed by atoms with E-state index < -0.39 is 0 Å². The maximum absolute atomic E-state index is 12.3. The second kappa shape index (κ2) is 7.85. The Kier molecular flexibility index (Phi) is 5.58. The molecule has 6 heteroatoms. The average Bonchev–Trinajstić information content (AvgIpc) is 2.77. The van der Waals surface area contributed by atoms with E-state index in [9.17, 15) is 4.79 Å². The SMILES string of the molecule is COc1ccccc1OCCCN1C[C@@H]2COC[C@H](C1)N(C)C2=O. The van der Waals surface area contributed by atoms with Crippen LogP contribution in [0.1, 0.15) is 6.42 Å². The fraction of sp³-hybridized carbons (Fsp3) is 0.611. The molecule has 132 valence electrons. The van der Waals surface area contributed by atoms with Crippen molar-refractivity contribution in [3.05, 3.63) is 24.3 Å². The zero-order chi connectivity index (χ0) is 16.9. The molecule has 1 amide bonds. The van der Waals surface area contributed by atoms with Crippen LogP contribution >= 0.6 is 0 Å². The van der Waals surface area contributed by atoms with Gasteiger partial charge in [-0.2, -0.15) is 0 Å². The van der Waals surface area contributed by atoms with Gasteiger partial charge in [-0.3, -0.25) is 4.79 Å². The number of nitrogens with zero attached hydrogens (tertiary/aromatic N) is 2. The van der Waals surface area contributed by atoms with E-state index in [0.29, 0.717) is 19.8 Å². The first kappa shape index (κ1) is 17.0. The summed E-state index contributed by atoms with van der Waals surface area (Å²) in [5, 5.41) is 0. The highest BCUT2D eigenvalue weighted by Crippen LogP contribution is 2.26. The van der Waals surface area contributed by atoms with E-state index in [1.165, 1.54) is 0 Å². The number of carbonyl (C=O) groups excluding carboxylic acids is 1. The van der Waals surface area contributed by atoms with E-state index >= 15 is 0 Å². The third kappa shape index (κ3) is 3.82. The number of rotatable bonds is 6. The van der Waals surface area contributed by atoms with Crippen molar-refractivity contribution in [2.24, 2.45) is 5.92 Å². The first-order valence-electron chi connectivity index (χ1n) is 8.51. The quantitative estimate of drug-likeness (QED) is 0.733. The predicted octanol–water partition coefficient (Wildman–Crippen LogP) is 1.25. The van der Waals surface area contributed by atoms with Crippen LogP contribution in [-0.4, -0.2) is 75.4 Å². The molecule has 2 fully saturated rings. The molecule has 1 aromatic rings. The number of hydrogen-bond donors (Lipinski definition) is 0. The van der Waals surface area contributed by atoms with Crippen LogP contribution in [0.15, 0.2) is 24.3 Å². The van der Waals surface area contributed by atoms with Crippen LogP contribution in [0.5, 0.6) is 11.5 Å². The lowest BCUT2D eigenvalue weighted by Crippen LogP contribution is -2.43. The van der Waals surface area contributed by atoms with Gasteiger partial charge in [0.1, 0.15) is 0 Å². The van der Waals surface area contributed by atoms with Crippen LogP contribution in [0.3, 0.4) is 0 Å². The minimum Gasteiger partial charge on any atom is -0.493 e. The number of methoxy groups -OCH3 is 1. The summed E-state index contributed by atoms with van der Waals surface area (Å²) in [6, 6.07) is 7.83. The summed E-state index contributed by atoms with van der Waals surface area (Å²) in [6.07, 6.45) is 0.913. The molecule has 3 rings (SSSR count). The number of likely N-dealkylation sites (N-methyl/N-ethyl adjacent to an activating group) is 1. The zero-order valence-electron chi connectivity index (χ0n) is 14.4. The van der Waals surface area contributed by atoms with Crippen LogP contribution in [0, 0.1) is 5.92 Å². The van der Waals surface area contributed by atoms with E-state index in [-0.39, 0.29) is 17.9 Å². The molecule has 2 aliphatic rings. The number of carbonyl (C=O) groups is 1. The van der Waals surface area contributed by atoms with Crippen LogP contribution in [0.4, 0.5) is 0 Å². The van der Waals surface area contributed by atoms with Gasteiger partial charge in [-0.1, -0.05) is 12.1 Å². The lowest BCUT2D eigenvalue weighted by atomic mass is 10.1. The van der Waals surface area contributed by atoms with Crippen molar-refractivity contribution in [1.29, 1.82) is 0 Å². The largest absolute Gasteiger partial charge is 0.493 e. The Morgan fingerprint density at radius 2 is 2.00 bits per heavy atom. The maximum Gasteiger partial charge on any atom is 0.229 e. The second-order valence-corrected chi connectivity index (χ2v) is 6.45. The number of benzene rings is 1. The van der Waals surface area contributed by atoms with E-state index in [1.807, 2.05) is 36.2 Å². The van der Waals surface area contributed by atoms with Crippen molar-refractivity contribution in [1.82, 2.24) is 9.80 Å². The predicted molar refractivity (Wildman–Crippen MR) is 90.4 cm³/mol. The molecule has 2 heterocycles. The highest BCUT2D eigenvalue weighted by atomic mass is 16.5. The Morgan fingerprint density at radius 3 is 2.79 bits per heavy atom. The van der Waals surface area contributed by atoms with E-state index in [4.69, 9.17) is 14.2 Å². The van der Waals surface area contributed by atoms with Gasteiger partial charge >= 0.3 is 0 Å². The molecule has 0 N–H and O–H groups in total. The lowest BCUT2D eigenvalue weighted by molar-refractivity contribution is -0.133. The van der Waals surface area contributed by atoms with Crippen LogP contribution < -0.4 is 9.47 Å². The summed E-state index contributed by atoms with van der Waals surface area (Å²) in [7, 11) is 3.54. The van der Waals surface area contributed by atoms with Gasteiger partial charge in [0, 0.05) is 26.7 Å². The smallest absolute Gasteiger partial charge is 0.229 e. The summed E-state index contributed by atoms with van der Waals surface area (Å²) in [6.45, 7) is 4.36. The highest BCUT2D eigenvalue weighted by Gasteiger charge is 2.36. The zero-order valence-corrected chi connectivity index (χ0v) is 14.4. The number of hydrogen-bond acceptors (Lipinski definition) is 5. The van der Waals surface area contributed by atoms with Crippen molar-refractivity contribution >= 4 is 5.91 Å².